The van der Waals surface area contributed by atoms with Crippen molar-refractivity contribution in [3.63, 3.8) is 0 Å². The summed E-state index contributed by atoms with van der Waals surface area (Å²) < 4.78 is 19.0. The van der Waals surface area contributed by atoms with Crippen molar-refractivity contribution in [2.24, 2.45) is 0 Å². The number of hydrogen-bond acceptors (Lipinski definition) is 2. The topological polar surface area (TPSA) is 38.3 Å². The van der Waals surface area contributed by atoms with Gasteiger partial charge in [-0.2, -0.15) is 0 Å². The fraction of sp³-hybridized carbons (Fsp3) is 0.200. The Balaban J connectivity index is 2.08. The Labute approximate surface area is 128 Å². The Hall–Kier alpha value is -1.25. The first-order valence-electron chi connectivity index (χ1n) is 6.38. The third-order valence-electron chi connectivity index (χ3n) is 2.77. The van der Waals surface area contributed by atoms with Crippen LogP contribution in [0.1, 0.15) is 12.5 Å². The van der Waals surface area contributed by atoms with E-state index in [0.717, 1.165) is 16.6 Å². The maximum Gasteiger partial charge on any atom is 0.338 e. The van der Waals surface area contributed by atoms with E-state index >= 15 is 0 Å². The molecule has 106 valence electrons. The lowest BCUT2D eigenvalue weighted by atomic mass is 10.2. The molecule has 0 amide bonds. The molecule has 0 aromatic heterocycles. The van der Waals surface area contributed by atoms with Crippen molar-refractivity contribution >= 4 is 29.1 Å². The smallest absolute Gasteiger partial charge is 0.338 e. The lowest BCUT2D eigenvalue weighted by Crippen LogP contribution is -2.02. The summed E-state index contributed by atoms with van der Waals surface area (Å²) in [5, 5.41) is 2.94. The fourth-order valence-electron chi connectivity index (χ4n) is 1.80. The van der Waals surface area contributed by atoms with E-state index in [-0.39, 0.29) is 0 Å². The van der Waals surface area contributed by atoms with E-state index in [0.29, 0.717) is 5.75 Å². The molecule has 0 spiro atoms. The second-order valence-electron chi connectivity index (χ2n) is 4.56. The average molecular weight is 354 g/mol. The Bertz CT molecular complexity index is 628. The van der Waals surface area contributed by atoms with Gasteiger partial charge in [-0.05, 0) is 42.3 Å². The largest absolute Gasteiger partial charge is 0.429 e. The fourth-order valence-corrected chi connectivity index (χ4v) is 3.38. The van der Waals surface area contributed by atoms with Gasteiger partial charge in [0.05, 0.1) is 0 Å². The monoisotopic (exact) mass is 353 g/mol. The van der Waals surface area contributed by atoms with E-state index < -0.39 is 7.52 Å². The maximum atomic E-state index is 12.5. The van der Waals surface area contributed by atoms with E-state index in [9.17, 15) is 4.57 Å². The average Bonchev–Trinajstić information content (AvgIpc) is 2.38. The molecule has 20 heavy (non-hydrogen) atoms. The van der Waals surface area contributed by atoms with Crippen LogP contribution in [0.4, 0.5) is 5.69 Å². The molecule has 0 aliphatic heterocycles. The van der Waals surface area contributed by atoms with Crippen LogP contribution in [0.25, 0.3) is 0 Å². The van der Waals surface area contributed by atoms with Crippen molar-refractivity contribution in [2.45, 2.75) is 13.3 Å². The highest BCUT2D eigenvalue weighted by Gasteiger charge is 2.17. The number of anilines is 1. The molecule has 0 saturated heterocycles. The Kier molecular flexibility index (Phi) is 4.90. The molecule has 0 aliphatic carbocycles. The van der Waals surface area contributed by atoms with Gasteiger partial charge in [0, 0.05) is 16.8 Å². The van der Waals surface area contributed by atoms with Gasteiger partial charge in [-0.3, -0.25) is 4.57 Å². The van der Waals surface area contributed by atoms with Crippen LogP contribution in [-0.2, 0) is 11.0 Å². The highest BCUT2D eigenvalue weighted by molar-refractivity contribution is 9.10. The molecule has 0 bridgehead atoms. The van der Waals surface area contributed by atoms with Crippen molar-refractivity contribution in [1.82, 2.24) is 0 Å². The molecule has 2 aromatic carbocycles. The molecule has 0 unspecified atom stereocenters. The van der Waals surface area contributed by atoms with E-state index in [2.05, 4.69) is 27.9 Å². The first-order valence-corrected chi connectivity index (χ1v) is 9.25. The molecule has 3 nitrogen and oxygen atoms in total. The molecule has 0 fully saturated rings. The van der Waals surface area contributed by atoms with E-state index in [1.54, 1.807) is 6.66 Å². The lowest BCUT2D eigenvalue weighted by Gasteiger charge is -2.17. The van der Waals surface area contributed by atoms with Crippen LogP contribution in [0.5, 0.6) is 5.75 Å². The Morgan fingerprint density at radius 1 is 1.20 bits per heavy atom. The number of aryl methyl sites for hydroxylation is 1. The maximum absolute atomic E-state index is 12.5. The van der Waals surface area contributed by atoms with E-state index in [4.69, 9.17) is 4.52 Å². The standard InChI is InChI=1S/C15H17BrNO2P/c1-3-12-7-9-15(10-8-12)19-20(2,18)17-14-6-4-5-13(16)11-14/h4-11H,3H2,1-2H3,(H,17,18)/t20-/m1/s1. The van der Waals surface area contributed by atoms with E-state index in [1.165, 1.54) is 5.56 Å². The van der Waals surface area contributed by atoms with Gasteiger partial charge in [-0.15, -0.1) is 0 Å². The summed E-state index contributed by atoms with van der Waals surface area (Å²) in [6, 6.07) is 15.2. The number of hydrogen-bond donors (Lipinski definition) is 1. The molecule has 2 aromatic rings. The van der Waals surface area contributed by atoms with Gasteiger partial charge in [-0.25, -0.2) is 0 Å². The van der Waals surface area contributed by atoms with Gasteiger partial charge in [-0.1, -0.05) is 41.1 Å². The van der Waals surface area contributed by atoms with Crippen molar-refractivity contribution in [3.8, 4) is 5.75 Å². The molecule has 0 radical (unpaired) electrons. The summed E-state index contributed by atoms with van der Waals surface area (Å²) in [6.07, 6.45) is 0.973. The first-order chi connectivity index (χ1) is 9.48. The third-order valence-corrected chi connectivity index (χ3v) is 4.48. The van der Waals surface area contributed by atoms with Crippen LogP contribution < -0.4 is 9.61 Å². The number of nitrogens with one attached hydrogen (secondary N) is 1. The highest BCUT2D eigenvalue weighted by atomic mass is 79.9. The van der Waals surface area contributed by atoms with Crippen LogP contribution in [0, 0.1) is 0 Å². The normalized spacial score (nSPS) is 13.6. The van der Waals surface area contributed by atoms with Crippen LogP contribution >= 0.6 is 23.4 Å². The van der Waals surface area contributed by atoms with Crippen LogP contribution in [0.15, 0.2) is 53.0 Å². The Morgan fingerprint density at radius 3 is 2.50 bits per heavy atom. The minimum atomic E-state index is -2.95. The van der Waals surface area contributed by atoms with Gasteiger partial charge >= 0.3 is 7.52 Å². The minimum absolute atomic E-state index is 0.607. The number of rotatable bonds is 5. The number of halogens is 1. The number of benzene rings is 2. The van der Waals surface area contributed by atoms with Crippen molar-refractivity contribution in [1.29, 1.82) is 0 Å². The van der Waals surface area contributed by atoms with E-state index in [1.807, 2.05) is 48.5 Å². The molecule has 0 heterocycles. The summed E-state index contributed by atoms with van der Waals surface area (Å²) in [5.74, 6) is 0.607. The van der Waals surface area contributed by atoms with Crippen LogP contribution in [-0.4, -0.2) is 6.66 Å². The zero-order valence-electron chi connectivity index (χ0n) is 11.5. The zero-order chi connectivity index (χ0) is 14.6. The summed E-state index contributed by atoms with van der Waals surface area (Å²) in [7, 11) is -2.95. The summed E-state index contributed by atoms with van der Waals surface area (Å²) in [5.41, 5.74) is 1.98. The summed E-state index contributed by atoms with van der Waals surface area (Å²) >= 11 is 3.38. The second kappa shape index (κ2) is 6.47. The first kappa shape index (κ1) is 15.1. The molecule has 5 heteroatoms. The van der Waals surface area contributed by atoms with Crippen molar-refractivity contribution in [3.05, 3.63) is 58.6 Å². The highest BCUT2D eigenvalue weighted by Crippen LogP contribution is 2.43. The molecular formula is C15H17BrNO2P. The zero-order valence-corrected chi connectivity index (χ0v) is 13.9. The molecular weight excluding hydrogens is 337 g/mol. The molecule has 2 rings (SSSR count). The van der Waals surface area contributed by atoms with Gasteiger partial charge in [0.2, 0.25) is 0 Å². The summed E-state index contributed by atoms with van der Waals surface area (Å²) in [6.45, 7) is 3.66. The summed E-state index contributed by atoms with van der Waals surface area (Å²) in [4.78, 5) is 0. The molecule has 1 N–H and O–H groups in total. The lowest BCUT2D eigenvalue weighted by molar-refractivity contribution is 0.493. The third kappa shape index (κ3) is 4.39. The molecule has 0 aliphatic rings. The second-order valence-corrected chi connectivity index (χ2v) is 7.57. The van der Waals surface area contributed by atoms with Gasteiger partial charge in [0.15, 0.2) is 0 Å². The van der Waals surface area contributed by atoms with Crippen molar-refractivity contribution < 1.29 is 9.09 Å². The quantitative estimate of drug-likeness (QED) is 0.738. The van der Waals surface area contributed by atoms with Gasteiger partial charge in [0.1, 0.15) is 5.75 Å². The van der Waals surface area contributed by atoms with Gasteiger partial charge in [0.25, 0.3) is 0 Å². The predicted molar refractivity (Wildman–Crippen MR) is 87.7 cm³/mol. The van der Waals surface area contributed by atoms with Crippen LogP contribution in [0.3, 0.4) is 0 Å². The van der Waals surface area contributed by atoms with Gasteiger partial charge < -0.3 is 9.61 Å². The predicted octanol–water partition coefficient (Wildman–Crippen LogP) is 5.33. The SMILES string of the molecule is CCc1ccc(O[P@@](C)(=O)Nc2cccc(Br)c2)cc1. The van der Waals surface area contributed by atoms with Crippen molar-refractivity contribution in [2.75, 3.05) is 11.8 Å². The van der Waals surface area contributed by atoms with Crippen LogP contribution in [0.2, 0.25) is 0 Å². The Morgan fingerprint density at radius 2 is 1.90 bits per heavy atom. The minimum Gasteiger partial charge on any atom is -0.429 e. The molecule has 1 atom stereocenters. The molecule has 0 saturated carbocycles.